The number of nitrogens with one attached hydrogen (secondary N) is 1. The highest BCUT2D eigenvalue weighted by molar-refractivity contribution is 7.13. The maximum atomic E-state index is 12.8. The van der Waals surface area contributed by atoms with Crippen LogP contribution in [-0.4, -0.2) is 27.8 Å². The highest BCUT2D eigenvalue weighted by Crippen LogP contribution is 2.51. The van der Waals surface area contributed by atoms with Crippen LogP contribution in [0.4, 0.5) is 18.3 Å². The van der Waals surface area contributed by atoms with Crippen LogP contribution in [0.5, 0.6) is 0 Å². The molecule has 2 N–H and O–H groups in total. The van der Waals surface area contributed by atoms with E-state index >= 15 is 0 Å². The van der Waals surface area contributed by atoms with E-state index in [1.165, 1.54) is 19.2 Å². The number of aliphatic carboxylic acids is 1. The third-order valence-electron chi connectivity index (χ3n) is 3.32. The molecule has 1 heterocycles. The van der Waals surface area contributed by atoms with Crippen molar-refractivity contribution in [1.29, 1.82) is 0 Å². The molecule has 4 nitrogen and oxygen atoms in total. The molecule has 0 amide bonds. The molecule has 1 fully saturated rings. The van der Waals surface area contributed by atoms with E-state index in [-0.39, 0.29) is 23.7 Å². The molecule has 0 radical (unpaired) electrons. The van der Waals surface area contributed by atoms with Crippen LogP contribution in [0.1, 0.15) is 32.4 Å². The highest BCUT2D eigenvalue weighted by atomic mass is 32.1. The summed E-state index contributed by atoms with van der Waals surface area (Å²) in [6.45, 7) is 2.93. The molecule has 2 rings (SSSR count). The molecule has 19 heavy (non-hydrogen) atoms. The molecule has 0 aliphatic heterocycles. The van der Waals surface area contributed by atoms with Gasteiger partial charge in [-0.2, -0.15) is 13.2 Å². The fraction of sp³-hybridized carbons (Fsp3) is 0.636. The molecule has 0 aromatic carbocycles. The standard InChI is InChI=1S/C11H13F3N2O2S/c1-9(2,7(17)18)6-5-19-8(15-6)16-10(3-4-10)11(12,13)14/h5H,3-4H2,1-2H3,(H,15,16)(H,17,18). The number of thiazole rings is 1. The number of anilines is 1. The lowest BCUT2D eigenvalue weighted by Crippen LogP contribution is -2.38. The van der Waals surface area contributed by atoms with E-state index < -0.39 is 23.1 Å². The second-order valence-electron chi connectivity index (χ2n) is 5.17. The Hall–Kier alpha value is -1.31. The van der Waals surface area contributed by atoms with Gasteiger partial charge in [0.05, 0.1) is 5.69 Å². The van der Waals surface area contributed by atoms with Crippen LogP contribution >= 0.6 is 11.3 Å². The first-order chi connectivity index (χ1) is 8.58. The fourth-order valence-corrected chi connectivity index (χ4v) is 2.51. The largest absolute Gasteiger partial charge is 0.481 e. The molecule has 0 saturated heterocycles. The van der Waals surface area contributed by atoms with E-state index in [4.69, 9.17) is 5.11 Å². The normalized spacial score (nSPS) is 18.2. The lowest BCUT2D eigenvalue weighted by molar-refractivity contribution is -0.151. The Morgan fingerprint density at radius 1 is 1.47 bits per heavy atom. The molecule has 0 atom stereocenters. The van der Waals surface area contributed by atoms with Crippen molar-refractivity contribution in [3.63, 3.8) is 0 Å². The molecule has 1 aromatic rings. The zero-order valence-corrected chi connectivity index (χ0v) is 11.2. The van der Waals surface area contributed by atoms with Gasteiger partial charge in [0, 0.05) is 5.38 Å². The van der Waals surface area contributed by atoms with Gasteiger partial charge in [-0.1, -0.05) is 0 Å². The zero-order valence-electron chi connectivity index (χ0n) is 10.3. The molecule has 0 bridgehead atoms. The Morgan fingerprint density at radius 2 is 2.05 bits per heavy atom. The number of alkyl halides is 3. The van der Waals surface area contributed by atoms with Crippen LogP contribution in [0.2, 0.25) is 0 Å². The number of carboxylic acid groups (broad SMARTS) is 1. The maximum Gasteiger partial charge on any atom is 0.411 e. The van der Waals surface area contributed by atoms with Crippen LogP contribution < -0.4 is 5.32 Å². The fourth-order valence-electron chi connectivity index (χ4n) is 1.54. The minimum atomic E-state index is -4.32. The van der Waals surface area contributed by atoms with Crippen molar-refractivity contribution in [3.05, 3.63) is 11.1 Å². The third kappa shape index (κ3) is 2.41. The van der Waals surface area contributed by atoms with Gasteiger partial charge in [-0.25, -0.2) is 4.98 Å². The molecule has 0 spiro atoms. The van der Waals surface area contributed by atoms with E-state index in [0.29, 0.717) is 0 Å². The summed E-state index contributed by atoms with van der Waals surface area (Å²) in [7, 11) is 0. The number of carbonyl (C=O) groups is 1. The number of hydrogen-bond donors (Lipinski definition) is 2. The SMILES string of the molecule is CC(C)(C(=O)O)c1csc(NC2(C(F)(F)F)CC2)n1. The number of halogens is 3. The summed E-state index contributed by atoms with van der Waals surface area (Å²) < 4.78 is 38.3. The van der Waals surface area contributed by atoms with Gasteiger partial charge in [-0.3, -0.25) is 4.79 Å². The average Bonchev–Trinajstić information content (AvgIpc) is 2.88. The van der Waals surface area contributed by atoms with Gasteiger partial charge in [-0.05, 0) is 26.7 Å². The minimum absolute atomic E-state index is 0.0216. The molecule has 1 aliphatic rings. The van der Waals surface area contributed by atoms with Crippen LogP contribution in [-0.2, 0) is 10.2 Å². The number of carboxylic acids is 1. The molecular weight excluding hydrogens is 281 g/mol. The molecule has 106 valence electrons. The van der Waals surface area contributed by atoms with Crippen molar-refractivity contribution in [2.75, 3.05) is 5.32 Å². The summed E-state index contributed by atoms with van der Waals surface area (Å²) in [6, 6.07) is 0. The summed E-state index contributed by atoms with van der Waals surface area (Å²) in [5, 5.41) is 13.0. The lowest BCUT2D eigenvalue weighted by atomic mass is 9.90. The van der Waals surface area contributed by atoms with Crippen LogP contribution in [0.15, 0.2) is 5.38 Å². The second kappa shape index (κ2) is 4.09. The first kappa shape index (κ1) is 14.1. The number of aromatic nitrogens is 1. The van der Waals surface area contributed by atoms with E-state index in [0.717, 1.165) is 11.3 Å². The quantitative estimate of drug-likeness (QED) is 0.896. The molecule has 8 heteroatoms. The molecule has 1 aliphatic carbocycles. The zero-order chi connectivity index (χ0) is 14.5. The molecule has 1 aromatic heterocycles. The van der Waals surface area contributed by atoms with Gasteiger partial charge in [-0.15, -0.1) is 11.3 Å². The van der Waals surface area contributed by atoms with Crippen molar-refractivity contribution in [2.24, 2.45) is 0 Å². The van der Waals surface area contributed by atoms with Crippen molar-refractivity contribution < 1.29 is 23.1 Å². The van der Waals surface area contributed by atoms with Gasteiger partial charge < -0.3 is 10.4 Å². The Balaban J connectivity index is 2.18. The van der Waals surface area contributed by atoms with Crippen molar-refractivity contribution in [3.8, 4) is 0 Å². The first-order valence-corrected chi connectivity index (χ1v) is 6.51. The predicted molar refractivity (Wildman–Crippen MR) is 64.4 cm³/mol. The second-order valence-corrected chi connectivity index (χ2v) is 6.03. The van der Waals surface area contributed by atoms with Crippen LogP contribution in [0.3, 0.4) is 0 Å². The Morgan fingerprint density at radius 3 is 2.47 bits per heavy atom. The topological polar surface area (TPSA) is 62.2 Å². The summed E-state index contributed by atoms with van der Waals surface area (Å²) in [5.41, 5.74) is -2.84. The van der Waals surface area contributed by atoms with Gasteiger partial charge in [0.15, 0.2) is 5.13 Å². The van der Waals surface area contributed by atoms with Gasteiger partial charge in [0.2, 0.25) is 0 Å². The van der Waals surface area contributed by atoms with Crippen LogP contribution in [0, 0.1) is 0 Å². The Bertz CT molecular complexity index is 506. The Labute approximate surface area is 111 Å². The number of nitrogens with zero attached hydrogens (tertiary/aromatic N) is 1. The van der Waals surface area contributed by atoms with Gasteiger partial charge in [0.1, 0.15) is 11.0 Å². The van der Waals surface area contributed by atoms with E-state index in [2.05, 4.69) is 10.3 Å². The van der Waals surface area contributed by atoms with E-state index in [9.17, 15) is 18.0 Å². The average molecular weight is 294 g/mol. The smallest absolute Gasteiger partial charge is 0.411 e. The minimum Gasteiger partial charge on any atom is -0.481 e. The van der Waals surface area contributed by atoms with Crippen molar-refractivity contribution >= 4 is 22.4 Å². The van der Waals surface area contributed by atoms with Gasteiger partial charge in [0.25, 0.3) is 0 Å². The van der Waals surface area contributed by atoms with E-state index in [1.807, 2.05) is 0 Å². The summed E-state index contributed by atoms with van der Waals surface area (Å²) in [4.78, 5) is 15.0. The molecule has 0 unspecified atom stereocenters. The van der Waals surface area contributed by atoms with Crippen molar-refractivity contribution in [2.45, 2.75) is 43.8 Å². The molecule has 1 saturated carbocycles. The summed E-state index contributed by atoms with van der Waals surface area (Å²) in [5.74, 6) is -1.07. The summed E-state index contributed by atoms with van der Waals surface area (Å²) in [6.07, 6.45) is -4.28. The highest BCUT2D eigenvalue weighted by Gasteiger charge is 2.64. The lowest BCUT2D eigenvalue weighted by Gasteiger charge is -2.20. The number of rotatable bonds is 4. The maximum absolute atomic E-state index is 12.8. The number of hydrogen-bond acceptors (Lipinski definition) is 4. The third-order valence-corrected chi connectivity index (χ3v) is 4.08. The first-order valence-electron chi connectivity index (χ1n) is 5.63. The monoisotopic (exact) mass is 294 g/mol. The van der Waals surface area contributed by atoms with Crippen molar-refractivity contribution in [1.82, 2.24) is 4.98 Å². The summed E-state index contributed by atoms with van der Waals surface area (Å²) >= 11 is 0.991. The van der Waals surface area contributed by atoms with E-state index in [1.54, 1.807) is 0 Å². The van der Waals surface area contributed by atoms with Crippen LogP contribution in [0.25, 0.3) is 0 Å². The molecular formula is C11H13F3N2O2S. The van der Waals surface area contributed by atoms with Gasteiger partial charge >= 0.3 is 12.1 Å². The Kier molecular flexibility index (Phi) is 3.04. The predicted octanol–water partition coefficient (Wildman–Crippen LogP) is 3.01.